The van der Waals surface area contributed by atoms with Crippen LogP contribution in [0.5, 0.6) is 11.6 Å². The largest absolute Gasteiger partial charge is 0.488 e. The molecule has 6 heteroatoms. The number of pyridine rings is 1. The van der Waals surface area contributed by atoms with Crippen LogP contribution in [-0.4, -0.2) is 27.6 Å². The molecule has 0 aliphatic rings. The lowest BCUT2D eigenvalue weighted by atomic mass is 10.3. The average Bonchev–Trinajstić information content (AvgIpc) is 2.47. The standard InChI is InChI=1S/C14H13NO4S/c16-13(17)14(20,19-12-8-4-5-9-15-12)10-18-11-6-2-1-3-7-11/h1-9,20H,10H2,(H,16,17). The smallest absolute Gasteiger partial charge is 0.362 e. The van der Waals surface area contributed by atoms with Crippen LogP contribution in [0.25, 0.3) is 0 Å². The molecule has 1 heterocycles. The number of benzene rings is 1. The molecule has 0 saturated carbocycles. The highest BCUT2D eigenvalue weighted by Crippen LogP contribution is 2.22. The van der Waals surface area contributed by atoms with Gasteiger partial charge in [0.15, 0.2) is 0 Å². The van der Waals surface area contributed by atoms with Crippen LogP contribution in [-0.2, 0) is 4.79 Å². The van der Waals surface area contributed by atoms with E-state index in [9.17, 15) is 9.90 Å². The van der Waals surface area contributed by atoms with Crippen molar-refractivity contribution in [2.75, 3.05) is 6.61 Å². The van der Waals surface area contributed by atoms with E-state index >= 15 is 0 Å². The Morgan fingerprint density at radius 1 is 1.20 bits per heavy atom. The summed E-state index contributed by atoms with van der Waals surface area (Å²) < 4.78 is 10.7. The van der Waals surface area contributed by atoms with E-state index < -0.39 is 10.9 Å². The van der Waals surface area contributed by atoms with Gasteiger partial charge in [0.25, 0.3) is 4.93 Å². The van der Waals surface area contributed by atoms with Gasteiger partial charge in [-0.2, -0.15) is 0 Å². The maximum absolute atomic E-state index is 11.3. The van der Waals surface area contributed by atoms with Crippen molar-refractivity contribution in [3.05, 3.63) is 54.7 Å². The molecule has 0 saturated heterocycles. The van der Waals surface area contributed by atoms with E-state index in [-0.39, 0.29) is 12.5 Å². The lowest BCUT2D eigenvalue weighted by Gasteiger charge is -2.24. The first-order valence-electron chi connectivity index (χ1n) is 5.84. The van der Waals surface area contributed by atoms with Gasteiger partial charge in [-0.3, -0.25) is 0 Å². The number of hydrogen-bond donors (Lipinski definition) is 2. The van der Waals surface area contributed by atoms with Gasteiger partial charge >= 0.3 is 5.97 Å². The van der Waals surface area contributed by atoms with E-state index in [0.717, 1.165) is 0 Å². The van der Waals surface area contributed by atoms with Crippen LogP contribution in [0.2, 0.25) is 0 Å². The number of hydrogen-bond acceptors (Lipinski definition) is 5. The van der Waals surface area contributed by atoms with Gasteiger partial charge in [-0.1, -0.05) is 24.3 Å². The number of para-hydroxylation sites is 1. The molecule has 0 aliphatic carbocycles. The van der Waals surface area contributed by atoms with E-state index in [0.29, 0.717) is 5.75 Å². The summed E-state index contributed by atoms with van der Waals surface area (Å²) in [5.41, 5.74) is 0. The third-order valence-corrected chi connectivity index (χ3v) is 2.83. The number of aromatic nitrogens is 1. The number of thiol groups is 1. The first kappa shape index (κ1) is 14.2. The van der Waals surface area contributed by atoms with Crippen LogP contribution >= 0.6 is 12.6 Å². The van der Waals surface area contributed by atoms with E-state index in [1.165, 1.54) is 6.20 Å². The first-order valence-corrected chi connectivity index (χ1v) is 6.28. The molecule has 1 N–H and O–H groups in total. The lowest BCUT2D eigenvalue weighted by Crippen LogP contribution is -2.44. The Kier molecular flexibility index (Phi) is 4.47. The van der Waals surface area contributed by atoms with Gasteiger partial charge in [-0.15, -0.1) is 12.6 Å². The molecular formula is C14H13NO4S. The second-order valence-electron chi connectivity index (χ2n) is 3.96. The molecule has 20 heavy (non-hydrogen) atoms. The second-order valence-corrected chi connectivity index (χ2v) is 4.68. The normalized spacial score (nSPS) is 13.2. The molecule has 2 rings (SSSR count). The minimum absolute atomic E-state index is 0.168. The van der Waals surface area contributed by atoms with Gasteiger partial charge in [0, 0.05) is 12.3 Å². The Morgan fingerprint density at radius 2 is 1.90 bits per heavy atom. The van der Waals surface area contributed by atoms with Crippen LogP contribution in [0, 0.1) is 0 Å². The van der Waals surface area contributed by atoms with Crippen LogP contribution in [0.3, 0.4) is 0 Å². The fourth-order valence-electron chi connectivity index (χ4n) is 1.41. The van der Waals surface area contributed by atoms with Crippen molar-refractivity contribution >= 4 is 18.6 Å². The molecule has 2 aromatic rings. The van der Waals surface area contributed by atoms with Crippen molar-refractivity contribution < 1.29 is 19.4 Å². The van der Waals surface area contributed by atoms with Crippen LogP contribution in [0.1, 0.15) is 0 Å². The Hall–Kier alpha value is -2.21. The van der Waals surface area contributed by atoms with Crippen molar-refractivity contribution in [1.29, 1.82) is 0 Å². The zero-order chi connectivity index (χ0) is 14.4. The molecule has 0 aliphatic heterocycles. The zero-order valence-electron chi connectivity index (χ0n) is 10.5. The molecule has 1 aromatic heterocycles. The number of ether oxygens (including phenoxy) is 2. The van der Waals surface area contributed by atoms with Crippen molar-refractivity contribution in [1.82, 2.24) is 4.98 Å². The van der Waals surface area contributed by atoms with E-state index in [2.05, 4.69) is 17.6 Å². The Balaban J connectivity index is 2.08. The minimum Gasteiger partial charge on any atom is -0.488 e. The first-order chi connectivity index (χ1) is 9.60. The Morgan fingerprint density at radius 3 is 2.50 bits per heavy atom. The van der Waals surface area contributed by atoms with Gasteiger partial charge in [0.05, 0.1) is 0 Å². The number of nitrogens with zero attached hydrogens (tertiary/aromatic N) is 1. The predicted molar refractivity (Wildman–Crippen MR) is 76.2 cm³/mol. The molecular weight excluding hydrogens is 278 g/mol. The summed E-state index contributed by atoms with van der Waals surface area (Å²) in [6.07, 6.45) is 1.50. The topological polar surface area (TPSA) is 68.7 Å². The number of carboxylic acid groups (broad SMARTS) is 1. The molecule has 1 unspecified atom stereocenters. The third kappa shape index (κ3) is 3.64. The summed E-state index contributed by atoms with van der Waals surface area (Å²) >= 11 is 4.07. The number of carbonyl (C=O) groups is 1. The fourth-order valence-corrected chi connectivity index (χ4v) is 1.57. The van der Waals surface area contributed by atoms with Crippen LogP contribution in [0.15, 0.2) is 54.7 Å². The monoisotopic (exact) mass is 291 g/mol. The van der Waals surface area contributed by atoms with Crippen molar-refractivity contribution in [3.63, 3.8) is 0 Å². The highest BCUT2D eigenvalue weighted by molar-refractivity contribution is 7.82. The predicted octanol–water partition coefficient (Wildman–Crippen LogP) is 2.25. The van der Waals surface area contributed by atoms with Crippen molar-refractivity contribution in [2.45, 2.75) is 4.93 Å². The zero-order valence-corrected chi connectivity index (χ0v) is 11.4. The summed E-state index contributed by atoms with van der Waals surface area (Å²) in [6.45, 7) is -0.258. The minimum atomic E-state index is -1.82. The fraction of sp³-hybridized carbons (Fsp3) is 0.143. The maximum Gasteiger partial charge on any atom is 0.362 e. The Bertz CT molecular complexity index is 564. The van der Waals surface area contributed by atoms with Crippen molar-refractivity contribution in [2.24, 2.45) is 0 Å². The molecule has 1 atom stereocenters. The van der Waals surface area contributed by atoms with Crippen LogP contribution < -0.4 is 9.47 Å². The number of aliphatic carboxylic acids is 1. The molecule has 0 spiro atoms. The van der Waals surface area contributed by atoms with Crippen molar-refractivity contribution in [3.8, 4) is 11.6 Å². The molecule has 1 aromatic carbocycles. The number of rotatable bonds is 6. The molecule has 0 fully saturated rings. The molecule has 5 nitrogen and oxygen atoms in total. The summed E-state index contributed by atoms with van der Waals surface area (Å²) in [4.78, 5) is 13.4. The van der Waals surface area contributed by atoms with Gasteiger partial charge in [0.1, 0.15) is 12.4 Å². The van der Waals surface area contributed by atoms with Gasteiger partial charge in [-0.05, 0) is 18.2 Å². The summed E-state index contributed by atoms with van der Waals surface area (Å²) in [7, 11) is 0. The van der Waals surface area contributed by atoms with Crippen LogP contribution in [0.4, 0.5) is 0 Å². The van der Waals surface area contributed by atoms with E-state index in [1.807, 2.05) is 6.07 Å². The Labute approximate surface area is 121 Å². The SMILES string of the molecule is O=C(O)C(S)(COc1ccccc1)Oc1ccccn1. The third-order valence-electron chi connectivity index (χ3n) is 2.42. The second kappa shape index (κ2) is 6.29. The quantitative estimate of drug-likeness (QED) is 0.631. The molecule has 0 bridgehead atoms. The highest BCUT2D eigenvalue weighted by Gasteiger charge is 2.39. The number of carboxylic acids is 1. The summed E-state index contributed by atoms with van der Waals surface area (Å²) in [5, 5.41) is 9.26. The average molecular weight is 291 g/mol. The van der Waals surface area contributed by atoms with Gasteiger partial charge in [-0.25, -0.2) is 9.78 Å². The summed E-state index contributed by atoms with van der Waals surface area (Å²) in [5.74, 6) is -0.541. The van der Waals surface area contributed by atoms with E-state index in [1.54, 1.807) is 42.5 Å². The van der Waals surface area contributed by atoms with Gasteiger partial charge < -0.3 is 14.6 Å². The summed E-state index contributed by atoms with van der Waals surface area (Å²) in [6, 6.07) is 13.8. The maximum atomic E-state index is 11.3. The molecule has 0 amide bonds. The molecule has 104 valence electrons. The lowest BCUT2D eigenvalue weighted by molar-refractivity contribution is -0.149. The highest BCUT2D eigenvalue weighted by atomic mass is 32.1. The van der Waals surface area contributed by atoms with E-state index in [4.69, 9.17) is 9.47 Å². The molecule has 0 radical (unpaired) electrons. The van der Waals surface area contributed by atoms with Gasteiger partial charge in [0.2, 0.25) is 5.88 Å².